The fourth-order valence-electron chi connectivity index (χ4n) is 4.63. The molecule has 5 aromatic rings. The molecule has 1 aliphatic rings. The summed E-state index contributed by atoms with van der Waals surface area (Å²) in [6, 6.07) is 25.1. The first-order chi connectivity index (χ1) is 13.8. The maximum absolute atomic E-state index is 13.7. The number of para-hydroxylation sites is 2. The topological polar surface area (TPSA) is 60.7 Å². The minimum absolute atomic E-state index is 0. The first-order valence-corrected chi connectivity index (χ1v) is 9.25. The molecule has 0 spiro atoms. The third-order valence-corrected chi connectivity index (χ3v) is 5.84. The van der Waals surface area contributed by atoms with Gasteiger partial charge in [-0.25, -0.2) is 0 Å². The Labute approximate surface area is 192 Å². The van der Waals surface area contributed by atoms with Crippen LogP contribution in [0, 0.1) is 6.07 Å². The quantitative estimate of drug-likeness (QED) is 0.334. The number of amides is 1. The van der Waals surface area contributed by atoms with Crippen LogP contribution in [-0.2, 0) is 42.9 Å². The normalized spacial score (nSPS) is 14.6. The van der Waals surface area contributed by atoms with Crippen molar-refractivity contribution in [3.8, 4) is 0 Å². The van der Waals surface area contributed by atoms with E-state index in [-0.39, 0.29) is 38.6 Å². The SMILES string of the molecule is O=C1Nc2cc[c-]cc2C1(c1c[nH]c2ccccc12)c1c[nH]c2ccccc12.[Y]. The molecular formula is C24H16N3OY-. The number of carbonyl (C=O) groups excluding carboxylic acids is 1. The Morgan fingerprint density at radius 2 is 1.34 bits per heavy atom. The molecule has 0 atom stereocenters. The number of aromatic nitrogens is 2. The molecule has 1 amide bonds. The molecule has 3 aromatic carbocycles. The molecule has 2 aromatic heterocycles. The van der Waals surface area contributed by atoms with Gasteiger partial charge in [0.2, 0.25) is 5.91 Å². The summed E-state index contributed by atoms with van der Waals surface area (Å²) in [4.78, 5) is 20.4. The maximum atomic E-state index is 13.7. The van der Waals surface area contributed by atoms with Gasteiger partial charge in [-0.05, 0) is 23.3 Å². The summed E-state index contributed by atoms with van der Waals surface area (Å²) in [5.74, 6) is -0.0448. The first kappa shape index (κ1) is 18.3. The first-order valence-electron chi connectivity index (χ1n) is 9.25. The van der Waals surface area contributed by atoms with E-state index >= 15 is 0 Å². The van der Waals surface area contributed by atoms with Crippen molar-refractivity contribution in [3.05, 3.63) is 102 Å². The molecule has 1 aliphatic heterocycles. The van der Waals surface area contributed by atoms with Crippen LogP contribution in [-0.4, -0.2) is 15.9 Å². The van der Waals surface area contributed by atoms with Crippen LogP contribution in [0.25, 0.3) is 21.8 Å². The fourth-order valence-corrected chi connectivity index (χ4v) is 4.63. The number of hydrogen-bond donors (Lipinski definition) is 3. The summed E-state index contributed by atoms with van der Waals surface area (Å²) < 4.78 is 0. The Hall–Kier alpha value is -2.69. The Morgan fingerprint density at radius 3 is 1.97 bits per heavy atom. The van der Waals surface area contributed by atoms with E-state index in [9.17, 15) is 4.79 Å². The van der Waals surface area contributed by atoms with E-state index in [0.29, 0.717) is 0 Å². The molecule has 0 aliphatic carbocycles. The van der Waals surface area contributed by atoms with Crippen molar-refractivity contribution in [3.63, 3.8) is 0 Å². The molecule has 1 radical (unpaired) electrons. The van der Waals surface area contributed by atoms with Crippen LogP contribution in [0.2, 0.25) is 0 Å². The summed E-state index contributed by atoms with van der Waals surface area (Å²) in [5, 5.41) is 5.19. The number of aromatic amines is 2. The van der Waals surface area contributed by atoms with Crippen LogP contribution in [0.3, 0.4) is 0 Å². The second kappa shape index (κ2) is 6.68. The van der Waals surface area contributed by atoms with Gasteiger partial charge in [0.25, 0.3) is 0 Å². The third-order valence-electron chi connectivity index (χ3n) is 5.84. The molecule has 0 unspecified atom stereocenters. The van der Waals surface area contributed by atoms with Crippen molar-refractivity contribution in [1.82, 2.24) is 9.97 Å². The average molecular weight is 451 g/mol. The molecule has 0 fully saturated rings. The zero-order valence-electron chi connectivity index (χ0n) is 15.5. The average Bonchev–Trinajstić information content (AvgIpc) is 3.42. The number of anilines is 1. The molecule has 3 heterocycles. The third kappa shape index (κ3) is 2.36. The van der Waals surface area contributed by atoms with E-state index in [4.69, 9.17) is 0 Å². The van der Waals surface area contributed by atoms with Crippen molar-refractivity contribution >= 4 is 33.4 Å². The van der Waals surface area contributed by atoms with Gasteiger partial charge in [-0.2, -0.15) is 18.2 Å². The zero-order chi connectivity index (χ0) is 18.7. The molecule has 137 valence electrons. The Kier molecular flexibility index (Phi) is 4.23. The van der Waals surface area contributed by atoms with Crippen LogP contribution in [0.15, 0.2) is 79.1 Å². The second-order valence-corrected chi connectivity index (χ2v) is 7.17. The maximum Gasteiger partial charge on any atom is 0.230 e. The number of benzene rings is 3. The molecule has 0 saturated heterocycles. The largest absolute Gasteiger partial charge is 0.361 e. The predicted molar refractivity (Wildman–Crippen MR) is 110 cm³/mol. The Bertz CT molecular complexity index is 1310. The van der Waals surface area contributed by atoms with Crippen LogP contribution >= 0.6 is 0 Å². The van der Waals surface area contributed by atoms with Gasteiger partial charge in [-0.15, -0.1) is 11.6 Å². The van der Waals surface area contributed by atoms with Gasteiger partial charge >= 0.3 is 0 Å². The van der Waals surface area contributed by atoms with Gasteiger partial charge in [-0.1, -0.05) is 42.1 Å². The van der Waals surface area contributed by atoms with Gasteiger partial charge in [0.05, 0.1) is 5.41 Å². The van der Waals surface area contributed by atoms with Crippen molar-refractivity contribution in [2.24, 2.45) is 0 Å². The zero-order valence-corrected chi connectivity index (χ0v) is 18.3. The summed E-state index contributed by atoms with van der Waals surface area (Å²) in [7, 11) is 0. The fraction of sp³-hybridized carbons (Fsp3) is 0.0417. The summed E-state index contributed by atoms with van der Waals surface area (Å²) in [6.07, 6.45) is 3.93. The molecule has 0 saturated carbocycles. The smallest absolute Gasteiger partial charge is 0.230 e. The van der Waals surface area contributed by atoms with Gasteiger partial charge in [0, 0.05) is 66.9 Å². The van der Waals surface area contributed by atoms with Crippen molar-refractivity contribution in [2.45, 2.75) is 5.41 Å². The standard InChI is InChI=1S/C24H16N3O.Y/c28-23-24(17-9-3-6-12-22(17)27-23,18-13-25-20-10-4-1-7-15(18)20)19-14-26-21-11-5-2-8-16(19)21;/h1-2,4-14,25-26H,(H,27,28);/q-1;. The second-order valence-electron chi connectivity index (χ2n) is 7.17. The number of fused-ring (bicyclic) bond motifs is 3. The van der Waals surface area contributed by atoms with Gasteiger partial charge in [0.1, 0.15) is 0 Å². The Balaban J connectivity index is 0.00000181. The minimum Gasteiger partial charge on any atom is -0.361 e. The van der Waals surface area contributed by atoms with Gasteiger partial charge in [0.15, 0.2) is 0 Å². The van der Waals surface area contributed by atoms with E-state index in [1.807, 2.05) is 67.0 Å². The molecule has 0 bridgehead atoms. The van der Waals surface area contributed by atoms with Crippen LogP contribution < -0.4 is 5.32 Å². The molecule has 4 nitrogen and oxygen atoms in total. The van der Waals surface area contributed by atoms with Gasteiger partial charge < -0.3 is 15.3 Å². The predicted octanol–water partition coefficient (Wildman–Crippen LogP) is 4.73. The number of H-pyrrole nitrogens is 2. The van der Waals surface area contributed by atoms with E-state index in [0.717, 1.165) is 44.2 Å². The molecule has 3 N–H and O–H groups in total. The number of nitrogens with one attached hydrogen (secondary N) is 3. The van der Waals surface area contributed by atoms with E-state index in [1.54, 1.807) is 0 Å². The number of rotatable bonds is 2. The number of carbonyl (C=O) groups is 1. The number of hydrogen-bond acceptors (Lipinski definition) is 1. The molecule has 5 heteroatoms. The minimum atomic E-state index is -0.952. The summed E-state index contributed by atoms with van der Waals surface area (Å²) in [6.45, 7) is 0. The van der Waals surface area contributed by atoms with Crippen LogP contribution in [0.1, 0.15) is 16.7 Å². The Morgan fingerprint density at radius 1 is 0.759 bits per heavy atom. The van der Waals surface area contributed by atoms with Crippen molar-refractivity contribution < 1.29 is 37.5 Å². The van der Waals surface area contributed by atoms with E-state index < -0.39 is 5.41 Å². The van der Waals surface area contributed by atoms with E-state index in [1.165, 1.54) is 0 Å². The van der Waals surface area contributed by atoms with Crippen molar-refractivity contribution in [1.29, 1.82) is 0 Å². The van der Waals surface area contributed by atoms with Crippen LogP contribution in [0.4, 0.5) is 5.69 Å². The van der Waals surface area contributed by atoms with Crippen LogP contribution in [0.5, 0.6) is 0 Å². The summed E-state index contributed by atoms with van der Waals surface area (Å²) >= 11 is 0. The monoisotopic (exact) mass is 451 g/mol. The molecular weight excluding hydrogens is 435 g/mol. The summed E-state index contributed by atoms with van der Waals surface area (Å²) in [5.41, 5.74) is 4.73. The van der Waals surface area contributed by atoms with E-state index in [2.05, 4.69) is 33.5 Å². The molecule has 29 heavy (non-hydrogen) atoms. The van der Waals surface area contributed by atoms with Crippen molar-refractivity contribution in [2.75, 3.05) is 5.32 Å². The molecule has 6 rings (SSSR count). The van der Waals surface area contributed by atoms with Gasteiger partial charge in [-0.3, -0.25) is 4.79 Å².